The predicted octanol–water partition coefficient (Wildman–Crippen LogP) is 8.24. The van der Waals surface area contributed by atoms with Gasteiger partial charge in [-0.05, 0) is 60.0 Å². The van der Waals surface area contributed by atoms with Crippen LogP contribution in [-0.2, 0) is 0 Å². The zero-order chi connectivity index (χ0) is 22.8. The van der Waals surface area contributed by atoms with Crippen molar-refractivity contribution >= 4 is 63.4 Å². The highest BCUT2D eigenvalue weighted by atomic mass is 35.5. The number of thioether (sulfide) groups is 1. The number of aliphatic imine (C=N–C) groups is 1. The average molecular weight is 502 g/mol. The van der Waals surface area contributed by atoms with Crippen LogP contribution in [0.4, 0.5) is 18.9 Å². The lowest BCUT2D eigenvalue weighted by Crippen LogP contribution is -2.24. The fraction of sp³-hybridized carbons (Fsp3) is 0.190. The first kappa shape index (κ1) is 23.8. The molecule has 0 unspecified atom stereocenters. The topological polar surface area (TPSA) is 49.1 Å². The fourth-order valence-electron chi connectivity index (χ4n) is 2.74. The highest BCUT2D eigenvalue weighted by Gasteiger charge is 2.35. The van der Waals surface area contributed by atoms with E-state index in [2.05, 4.69) is 9.98 Å². The molecule has 0 radical (unpaired) electrons. The van der Waals surface area contributed by atoms with Gasteiger partial charge >= 0.3 is 6.18 Å². The fourth-order valence-corrected chi connectivity index (χ4v) is 4.51. The van der Waals surface area contributed by atoms with Gasteiger partial charge in [-0.3, -0.25) is 0 Å². The Labute approximate surface area is 195 Å². The predicted molar refractivity (Wildman–Crippen MR) is 125 cm³/mol. The molecular weight excluding hydrogens is 486 g/mol. The monoisotopic (exact) mass is 501 g/mol. The van der Waals surface area contributed by atoms with Crippen LogP contribution < -0.4 is 0 Å². The number of aromatic nitrogens is 1. The summed E-state index contributed by atoms with van der Waals surface area (Å²) in [6.07, 6.45) is -1.76. The van der Waals surface area contributed by atoms with E-state index in [0.29, 0.717) is 9.90 Å². The molecule has 1 N–H and O–H groups in total. The summed E-state index contributed by atoms with van der Waals surface area (Å²) in [4.78, 5) is 9.27. The molecule has 0 fully saturated rings. The molecule has 1 aromatic carbocycles. The van der Waals surface area contributed by atoms with Gasteiger partial charge in [-0.1, -0.05) is 23.2 Å². The van der Waals surface area contributed by atoms with Crippen molar-refractivity contribution in [2.45, 2.75) is 24.5 Å². The van der Waals surface area contributed by atoms with Crippen molar-refractivity contribution in [3.8, 4) is 11.1 Å². The Balaban J connectivity index is 2.04. The molecule has 0 saturated heterocycles. The number of nitrogens with one attached hydrogen (secondary N) is 1. The Morgan fingerprint density at radius 2 is 1.94 bits per heavy atom. The van der Waals surface area contributed by atoms with E-state index in [1.165, 1.54) is 23.5 Å². The zero-order valence-electron chi connectivity index (χ0n) is 16.3. The number of rotatable bonds is 6. The van der Waals surface area contributed by atoms with Gasteiger partial charge in [0.15, 0.2) is 0 Å². The number of halogens is 5. The van der Waals surface area contributed by atoms with E-state index in [-0.39, 0.29) is 16.4 Å². The smallest absolute Gasteiger partial charge is 0.300 e. The summed E-state index contributed by atoms with van der Waals surface area (Å²) in [5.41, 5.74) is 1.62. The third kappa shape index (κ3) is 5.88. The lowest BCUT2D eigenvalue weighted by molar-refractivity contribution is -0.0605. The first-order valence-corrected chi connectivity index (χ1v) is 11.7. The largest absolute Gasteiger partial charge is 0.429 e. The molecule has 31 heavy (non-hydrogen) atoms. The van der Waals surface area contributed by atoms with Crippen molar-refractivity contribution in [3.05, 3.63) is 62.4 Å². The molecule has 3 rings (SSSR count). The molecule has 3 aromatic rings. The third-order valence-electron chi connectivity index (χ3n) is 4.29. The van der Waals surface area contributed by atoms with Crippen LogP contribution in [0.25, 0.3) is 11.1 Å². The molecule has 0 aliphatic rings. The molecule has 0 bridgehead atoms. The van der Waals surface area contributed by atoms with Crippen molar-refractivity contribution < 1.29 is 13.2 Å². The van der Waals surface area contributed by atoms with Crippen LogP contribution in [0.15, 0.2) is 51.9 Å². The maximum atomic E-state index is 13.1. The molecule has 2 aromatic heterocycles. The van der Waals surface area contributed by atoms with Gasteiger partial charge in [0.1, 0.15) is 5.71 Å². The van der Waals surface area contributed by atoms with E-state index in [9.17, 15) is 13.2 Å². The van der Waals surface area contributed by atoms with Crippen LogP contribution in [0.2, 0.25) is 10.0 Å². The number of aryl methyl sites for hydroxylation is 1. The highest BCUT2D eigenvalue weighted by molar-refractivity contribution is 7.98. The summed E-state index contributed by atoms with van der Waals surface area (Å²) in [5.74, 6) is 0. The standard InChI is InChI=1S/C21H16Cl2F3N3S2/c1-11-5-12(9-28-20(11)30-2)13-6-18(31-10-13)17(8-19(27)21(24,25)26)29-16-7-14(22)3-4-15(16)23/h3-7,9-10,27H,8H2,1-2H3. The number of thiophene rings is 1. The molecule has 3 nitrogen and oxygen atoms in total. The maximum Gasteiger partial charge on any atom is 0.429 e. The first-order valence-electron chi connectivity index (χ1n) is 8.85. The Kier molecular flexibility index (Phi) is 7.47. The normalized spacial score (nSPS) is 12.3. The SMILES string of the molecule is CSc1ncc(-c2csc(C(CC(=N)C(F)(F)F)=Nc3cc(Cl)ccc3Cl)c2)cc1C. The Morgan fingerprint density at radius 3 is 2.58 bits per heavy atom. The molecule has 2 heterocycles. The highest BCUT2D eigenvalue weighted by Crippen LogP contribution is 2.33. The maximum absolute atomic E-state index is 13.1. The van der Waals surface area contributed by atoms with E-state index in [4.69, 9.17) is 28.6 Å². The molecule has 0 saturated carbocycles. The van der Waals surface area contributed by atoms with Gasteiger partial charge in [0.2, 0.25) is 0 Å². The molecule has 0 aliphatic carbocycles. The van der Waals surface area contributed by atoms with Crippen molar-refractivity contribution in [2.24, 2.45) is 4.99 Å². The zero-order valence-corrected chi connectivity index (χ0v) is 19.5. The van der Waals surface area contributed by atoms with E-state index in [0.717, 1.165) is 21.7 Å². The van der Waals surface area contributed by atoms with Crippen LogP contribution in [0.3, 0.4) is 0 Å². The summed E-state index contributed by atoms with van der Waals surface area (Å²) in [6, 6.07) is 8.30. The summed E-state index contributed by atoms with van der Waals surface area (Å²) >= 11 is 14.9. The molecule has 162 valence electrons. The third-order valence-corrected chi connectivity index (χ3v) is 6.64. The van der Waals surface area contributed by atoms with Crippen molar-refractivity contribution in [1.82, 2.24) is 4.98 Å². The first-order chi connectivity index (χ1) is 14.6. The van der Waals surface area contributed by atoms with Crippen LogP contribution in [0.5, 0.6) is 0 Å². The number of nitrogens with zero attached hydrogens (tertiary/aromatic N) is 2. The van der Waals surface area contributed by atoms with E-state index >= 15 is 0 Å². The number of hydrogen-bond acceptors (Lipinski definition) is 5. The summed E-state index contributed by atoms with van der Waals surface area (Å²) < 4.78 is 39.2. The summed E-state index contributed by atoms with van der Waals surface area (Å²) in [7, 11) is 0. The second-order valence-electron chi connectivity index (χ2n) is 6.56. The number of pyridine rings is 1. The van der Waals surface area contributed by atoms with E-state index in [1.54, 1.807) is 30.1 Å². The summed E-state index contributed by atoms with van der Waals surface area (Å²) in [5, 5.41) is 10.8. The number of alkyl halides is 3. The van der Waals surface area contributed by atoms with Crippen LogP contribution in [0.1, 0.15) is 16.9 Å². The quantitative estimate of drug-likeness (QED) is 0.273. The van der Waals surface area contributed by atoms with Crippen LogP contribution >= 0.6 is 46.3 Å². The molecule has 0 atom stereocenters. The van der Waals surface area contributed by atoms with Crippen LogP contribution in [-0.4, -0.2) is 28.8 Å². The number of hydrogen-bond donors (Lipinski definition) is 1. The molecule has 0 amide bonds. The second kappa shape index (κ2) is 9.73. The lowest BCUT2D eigenvalue weighted by Gasteiger charge is -2.10. The van der Waals surface area contributed by atoms with Gasteiger partial charge in [-0.25, -0.2) is 9.98 Å². The van der Waals surface area contributed by atoms with Gasteiger partial charge in [0, 0.05) is 28.1 Å². The second-order valence-corrected chi connectivity index (χ2v) is 9.11. The summed E-state index contributed by atoms with van der Waals surface area (Å²) in [6.45, 7) is 1.95. The van der Waals surface area contributed by atoms with Crippen molar-refractivity contribution in [2.75, 3.05) is 6.26 Å². The van der Waals surface area contributed by atoms with E-state index in [1.807, 2.05) is 24.6 Å². The van der Waals surface area contributed by atoms with Gasteiger partial charge < -0.3 is 5.41 Å². The van der Waals surface area contributed by atoms with Crippen molar-refractivity contribution in [1.29, 1.82) is 5.41 Å². The molecule has 0 aliphatic heterocycles. The Morgan fingerprint density at radius 1 is 1.19 bits per heavy atom. The minimum Gasteiger partial charge on any atom is -0.300 e. The Hall–Kier alpha value is -1.87. The van der Waals surface area contributed by atoms with Gasteiger partial charge in [0.05, 0.1) is 21.4 Å². The van der Waals surface area contributed by atoms with Gasteiger partial charge in [0.25, 0.3) is 0 Å². The van der Waals surface area contributed by atoms with E-state index < -0.39 is 18.3 Å². The lowest BCUT2D eigenvalue weighted by atomic mass is 10.1. The minimum absolute atomic E-state index is 0.0909. The Bertz CT molecular complexity index is 1160. The van der Waals surface area contributed by atoms with Crippen LogP contribution in [0, 0.1) is 12.3 Å². The van der Waals surface area contributed by atoms with Gasteiger partial charge in [-0.15, -0.1) is 23.1 Å². The molecule has 0 spiro atoms. The molecule has 10 heteroatoms. The van der Waals surface area contributed by atoms with Gasteiger partial charge in [-0.2, -0.15) is 13.2 Å². The minimum atomic E-state index is -4.74. The molecular formula is C21H16Cl2F3N3S2. The van der Waals surface area contributed by atoms with Crippen molar-refractivity contribution in [3.63, 3.8) is 0 Å². The number of benzene rings is 1. The average Bonchev–Trinajstić information content (AvgIpc) is 3.19.